The molecule has 2 aromatic carbocycles. The summed E-state index contributed by atoms with van der Waals surface area (Å²) < 4.78 is 16.4. The Bertz CT molecular complexity index is 975. The van der Waals surface area contributed by atoms with Crippen molar-refractivity contribution in [3.8, 4) is 5.75 Å². The number of nitrogens with one attached hydrogen (secondary N) is 1. The normalized spacial score (nSPS) is 12.0. The van der Waals surface area contributed by atoms with Gasteiger partial charge in [-0.3, -0.25) is 0 Å². The highest BCUT2D eigenvalue weighted by Gasteiger charge is 2.21. The second-order valence-corrected chi connectivity index (χ2v) is 7.57. The standard InChI is InChI=1S/C25H31NO4/c1-5-6-7-8-9-22(26-19-12-10-18(11-13-19)25(27)29-4)24-17(2)21-16-20(28-3)14-15-23(21)30-24/h10-16,22,26H,5-9H2,1-4H3. The number of esters is 1. The topological polar surface area (TPSA) is 60.7 Å². The van der Waals surface area contributed by atoms with Gasteiger partial charge in [-0.15, -0.1) is 0 Å². The van der Waals surface area contributed by atoms with E-state index in [1.165, 1.54) is 26.4 Å². The fraction of sp³-hybridized carbons (Fsp3) is 0.400. The third kappa shape index (κ3) is 4.96. The Morgan fingerprint density at radius 3 is 2.50 bits per heavy atom. The summed E-state index contributed by atoms with van der Waals surface area (Å²) in [6.07, 6.45) is 5.72. The Hall–Kier alpha value is -2.95. The monoisotopic (exact) mass is 409 g/mol. The molecule has 0 amide bonds. The molecule has 1 N–H and O–H groups in total. The van der Waals surface area contributed by atoms with E-state index in [0.717, 1.165) is 46.6 Å². The third-order valence-corrected chi connectivity index (χ3v) is 5.49. The van der Waals surface area contributed by atoms with Crippen molar-refractivity contribution in [2.75, 3.05) is 19.5 Å². The summed E-state index contributed by atoms with van der Waals surface area (Å²) in [5.74, 6) is 1.44. The van der Waals surface area contributed by atoms with Crippen molar-refractivity contribution in [3.63, 3.8) is 0 Å². The van der Waals surface area contributed by atoms with Gasteiger partial charge >= 0.3 is 5.97 Å². The van der Waals surface area contributed by atoms with Crippen LogP contribution in [0.2, 0.25) is 0 Å². The Morgan fingerprint density at radius 1 is 1.07 bits per heavy atom. The van der Waals surface area contributed by atoms with Gasteiger partial charge in [0, 0.05) is 16.6 Å². The summed E-state index contributed by atoms with van der Waals surface area (Å²) in [4.78, 5) is 11.7. The van der Waals surface area contributed by atoms with Gasteiger partial charge in [0.2, 0.25) is 0 Å². The molecule has 0 bridgehead atoms. The van der Waals surface area contributed by atoms with Crippen LogP contribution in [0.15, 0.2) is 46.9 Å². The average molecular weight is 410 g/mol. The summed E-state index contributed by atoms with van der Waals surface area (Å²) in [6.45, 7) is 4.32. The van der Waals surface area contributed by atoms with Gasteiger partial charge in [-0.1, -0.05) is 32.6 Å². The molecule has 3 rings (SSSR count). The first kappa shape index (κ1) is 21.8. The first-order valence-corrected chi connectivity index (χ1v) is 10.6. The molecule has 5 nitrogen and oxygen atoms in total. The Morgan fingerprint density at radius 2 is 1.83 bits per heavy atom. The van der Waals surface area contributed by atoms with Crippen LogP contribution in [-0.4, -0.2) is 20.2 Å². The predicted octanol–water partition coefficient (Wildman–Crippen LogP) is 6.66. The van der Waals surface area contributed by atoms with Crippen LogP contribution in [0.25, 0.3) is 11.0 Å². The van der Waals surface area contributed by atoms with Crippen LogP contribution in [0.4, 0.5) is 5.69 Å². The molecule has 1 unspecified atom stereocenters. The van der Waals surface area contributed by atoms with Gasteiger partial charge in [0.05, 0.1) is 25.8 Å². The average Bonchev–Trinajstić information content (AvgIpc) is 3.11. The summed E-state index contributed by atoms with van der Waals surface area (Å²) in [6, 6.07) is 13.3. The largest absolute Gasteiger partial charge is 0.497 e. The number of fused-ring (bicyclic) bond motifs is 1. The minimum Gasteiger partial charge on any atom is -0.497 e. The molecule has 0 aliphatic heterocycles. The fourth-order valence-corrected chi connectivity index (χ4v) is 3.74. The zero-order valence-electron chi connectivity index (χ0n) is 18.3. The number of carbonyl (C=O) groups excluding carboxylic acids is 1. The van der Waals surface area contributed by atoms with E-state index in [1.807, 2.05) is 30.3 Å². The molecule has 30 heavy (non-hydrogen) atoms. The molecule has 0 aliphatic carbocycles. The van der Waals surface area contributed by atoms with Crippen LogP contribution >= 0.6 is 0 Å². The molecule has 160 valence electrons. The Labute approximate surface area is 178 Å². The van der Waals surface area contributed by atoms with Gasteiger partial charge in [-0.05, 0) is 55.8 Å². The second-order valence-electron chi connectivity index (χ2n) is 7.57. The van der Waals surface area contributed by atoms with Crippen molar-refractivity contribution in [3.05, 3.63) is 59.4 Å². The van der Waals surface area contributed by atoms with Crippen LogP contribution in [0.3, 0.4) is 0 Å². The lowest BCUT2D eigenvalue weighted by molar-refractivity contribution is 0.0601. The quantitative estimate of drug-likeness (QED) is 0.300. The summed E-state index contributed by atoms with van der Waals surface area (Å²) in [7, 11) is 3.06. The molecule has 0 radical (unpaired) electrons. The number of ether oxygens (including phenoxy) is 2. The van der Waals surface area contributed by atoms with Crippen molar-refractivity contribution in [2.24, 2.45) is 0 Å². The minimum absolute atomic E-state index is 0.0456. The summed E-state index contributed by atoms with van der Waals surface area (Å²) in [5, 5.41) is 4.68. The minimum atomic E-state index is -0.334. The number of hydrogen-bond donors (Lipinski definition) is 1. The molecule has 1 atom stereocenters. The van der Waals surface area contributed by atoms with Crippen LogP contribution < -0.4 is 10.1 Å². The van der Waals surface area contributed by atoms with E-state index in [2.05, 4.69) is 19.2 Å². The summed E-state index contributed by atoms with van der Waals surface area (Å²) in [5.41, 5.74) is 3.47. The van der Waals surface area contributed by atoms with Crippen molar-refractivity contribution < 1.29 is 18.7 Å². The van der Waals surface area contributed by atoms with Gasteiger partial charge in [0.1, 0.15) is 17.1 Å². The predicted molar refractivity (Wildman–Crippen MR) is 120 cm³/mol. The first-order valence-electron chi connectivity index (χ1n) is 10.6. The fourth-order valence-electron chi connectivity index (χ4n) is 3.74. The van der Waals surface area contributed by atoms with E-state index in [9.17, 15) is 4.79 Å². The van der Waals surface area contributed by atoms with Gasteiger partial charge in [0.15, 0.2) is 0 Å². The molecular weight excluding hydrogens is 378 g/mol. The number of methoxy groups -OCH3 is 2. The van der Waals surface area contributed by atoms with E-state index in [0.29, 0.717) is 5.56 Å². The molecule has 1 heterocycles. The first-order chi connectivity index (χ1) is 14.6. The second kappa shape index (κ2) is 10.2. The maximum absolute atomic E-state index is 11.7. The number of anilines is 1. The molecule has 0 aliphatic rings. The van der Waals surface area contributed by atoms with Gasteiger partial charge in [-0.2, -0.15) is 0 Å². The highest BCUT2D eigenvalue weighted by Crippen LogP contribution is 2.35. The van der Waals surface area contributed by atoms with Crippen molar-refractivity contribution in [1.29, 1.82) is 0 Å². The molecule has 3 aromatic rings. The number of rotatable bonds is 10. The number of hydrogen-bond acceptors (Lipinski definition) is 5. The van der Waals surface area contributed by atoms with Crippen LogP contribution in [0.1, 0.15) is 66.8 Å². The number of furan rings is 1. The zero-order valence-corrected chi connectivity index (χ0v) is 18.3. The number of unbranched alkanes of at least 4 members (excludes halogenated alkanes) is 3. The van der Waals surface area contributed by atoms with Crippen LogP contribution in [-0.2, 0) is 4.74 Å². The van der Waals surface area contributed by atoms with Crippen molar-refractivity contribution in [2.45, 2.75) is 52.0 Å². The number of benzene rings is 2. The smallest absolute Gasteiger partial charge is 0.337 e. The molecular formula is C25H31NO4. The maximum atomic E-state index is 11.7. The molecule has 5 heteroatoms. The van der Waals surface area contributed by atoms with Crippen molar-refractivity contribution >= 4 is 22.6 Å². The van der Waals surface area contributed by atoms with Gasteiger partial charge in [0.25, 0.3) is 0 Å². The van der Waals surface area contributed by atoms with E-state index in [1.54, 1.807) is 19.2 Å². The Balaban J connectivity index is 1.87. The Kier molecular flexibility index (Phi) is 7.39. The van der Waals surface area contributed by atoms with Gasteiger partial charge in [-0.25, -0.2) is 4.79 Å². The third-order valence-electron chi connectivity index (χ3n) is 5.49. The highest BCUT2D eigenvalue weighted by molar-refractivity contribution is 5.89. The van der Waals surface area contributed by atoms with E-state index in [4.69, 9.17) is 13.9 Å². The van der Waals surface area contributed by atoms with Crippen LogP contribution in [0, 0.1) is 6.92 Å². The van der Waals surface area contributed by atoms with E-state index in [-0.39, 0.29) is 12.0 Å². The molecule has 1 aromatic heterocycles. The molecule has 0 fully saturated rings. The van der Waals surface area contributed by atoms with Crippen molar-refractivity contribution in [1.82, 2.24) is 0 Å². The SMILES string of the molecule is CCCCCCC(Nc1ccc(C(=O)OC)cc1)c1oc2ccc(OC)cc2c1C. The number of carbonyl (C=O) groups is 1. The molecule has 0 saturated heterocycles. The molecule has 0 saturated carbocycles. The number of aryl methyl sites for hydroxylation is 1. The highest BCUT2D eigenvalue weighted by atomic mass is 16.5. The van der Waals surface area contributed by atoms with Crippen LogP contribution in [0.5, 0.6) is 5.75 Å². The zero-order chi connectivity index (χ0) is 21.5. The van der Waals surface area contributed by atoms with Gasteiger partial charge < -0.3 is 19.2 Å². The van der Waals surface area contributed by atoms with E-state index < -0.39 is 0 Å². The summed E-state index contributed by atoms with van der Waals surface area (Å²) >= 11 is 0. The lowest BCUT2D eigenvalue weighted by Crippen LogP contribution is -2.11. The maximum Gasteiger partial charge on any atom is 0.337 e. The lowest BCUT2D eigenvalue weighted by atomic mass is 10.0. The van der Waals surface area contributed by atoms with E-state index >= 15 is 0 Å². The molecule has 0 spiro atoms. The lowest BCUT2D eigenvalue weighted by Gasteiger charge is -2.19.